The maximum atomic E-state index is 12.4. The van der Waals surface area contributed by atoms with Gasteiger partial charge in [-0.3, -0.25) is 9.59 Å². The second-order valence-electron chi connectivity index (χ2n) is 5.97. The Morgan fingerprint density at radius 2 is 1.78 bits per heavy atom. The first-order valence-corrected chi connectivity index (χ1v) is 9.08. The Kier molecular flexibility index (Phi) is 5.71. The van der Waals surface area contributed by atoms with E-state index in [0.717, 1.165) is 4.47 Å². The topological polar surface area (TPSA) is 73.2 Å². The summed E-state index contributed by atoms with van der Waals surface area (Å²) in [5.41, 5.74) is 1.09. The highest BCUT2D eigenvalue weighted by Gasteiger charge is 2.16. The van der Waals surface area contributed by atoms with Gasteiger partial charge in [0, 0.05) is 35.2 Å². The first kappa shape index (κ1) is 18.8. The number of anilines is 1. The number of hydrogen-bond acceptors (Lipinski definition) is 4. The summed E-state index contributed by atoms with van der Waals surface area (Å²) in [7, 11) is 1.77. The van der Waals surface area contributed by atoms with Crippen LogP contribution in [-0.4, -0.2) is 27.3 Å². The van der Waals surface area contributed by atoms with Crippen LogP contribution in [0.3, 0.4) is 0 Å². The van der Waals surface area contributed by atoms with E-state index in [9.17, 15) is 9.59 Å². The van der Waals surface area contributed by atoms with Gasteiger partial charge in [0.25, 0.3) is 5.91 Å². The molecule has 0 saturated carbocycles. The number of aryl methyl sites for hydroxylation is 1. The van der Waals surface area contributed by atoms with Crippen LogP contribution in [-0.2, 0) is 11.8 Å². The van der Waals surface area contributed by atoms with E-state index in [1.54, 1.807) is 67.3 Å². The number of halogens is 1. The van der Waals surface area contributed by atoms with Crippen molar-refractivity contribution in [1.82, 2.24) is 9.55 Å². The number of carbonyl (C=O) groups is 2. The molecule has 3 rings (SSSR count). The molecule has 1 aromatic heterocycles. The maximum Gasteiger partial charge on any atom is 0.265 e. The van der Waals surface area contributed by atoms with Crippen molar-refractivity contribution >= 4 is 33.3 Å². The number of rotatable bonds is 6. The van der Waals surface area contributed by atoms with Crippen LogP contribution in [0.15, 0.2) is 65.4 Å². The molecule has 0 bridgehead atoms. The van der Waals surface area contributed by atoms with Gasteiger partial charge in [0.1, 0.15) is 5.75 Å². The van der Waals surface area contributed by atoms with E-state index in [0.29, 0.717) is 22.8 Å². The van der Waals surface area contributed by atoms with Crippen LogP contribution in [0.4, 0.5) is 5.69 Å². The molecule has 1 heterocycles. The minimum Gasteiger partial charge on any atom is -0.481 e. The minimum atomic E-state index is -0.667. The molecule has 6 nitrogen and oxygen atoms in total. The Morgan fingerprint density at radius 1 is 1.11 bits per heavy atom. The standard InChI is InChI=1S/C20H18BrN3O3/c1-13(27-17-9-5-15(21)6-10-17)20(26)23-16-7-3-14(4-8-16)18(25)19-22-11-12-24(19)2/h3-13H,1-2H3,(H,23,26). The summed E-state index contributed by atoms with van der Waals surface area (Å²) in [6.07, 6.45) is 2.63. The van der Waals surface area contributed by atoms with Crippen molar-refractivity contribution in [2.75, 3.05) is 5.32 Å². The third kappa shape index (κ3) is 4.62. The smallest absolute Gasteiger partial charge is 0.265 e. The van der Waals surface area contributed by atoms with Gasteiger partial charge in [0.15, 0.2) is 11.9 Å². The largest absolute Gasteiger partial charge is 0.481 e. The van der Waals surface area contributed by atoms with Crippen molar-refractivity contribution in [2.24, 2.45) is 7.05 Å². The van der Waals surface area contributed by atoms with Crippen LogP contribution >= 0.6 is 15.9 Å². The number of ketones is 1. The second-order valence-corrected chi connectivity index (χ2v) is 6.89. The number of benzene rings is 2. The lowest BCUT2D eigenvalue weighted by molar-refractivity contribution is -0.122. The van der Waals surface area contributed by atoms with E-state index in [-0.39, 0.29) is 11.7 Å². The number of hydrogen-bond donors (Lipinski definition) is 1. The quantitative estimate of drug-likeness (QED) is 0.606. The molecule has 1 N–H and O–H groups in total. The second kappa shape index (κ2) is 8.18. The summed E-state index contributed by atoms with van der Waals surface area (Å²) in [6, 6.07) is 13.9. The number of nitrogens with zero attached hydrogens (tertiary/aromatic N) is 2. The van der Waals surface area contributed by atoms with Crippen LogP contribution in [0.1, 0.15) is 23.1 Å². The summed E-state index contributed by atoms with van der Waals surface area (Å²) in [5, 5.41) is 2.78. The van der Waals surface area contributed by atoms with Gasteiger partial charge in [-0.2, -0.15) is 0 Å². The van der Waals surface area contributed by atoms with Gasteiger partial charge in [0.05, 0.1) is 0 Å². The molecule has 0 aliphatic carbocycles. The minimum absolute atomic E-state index is 0.174. The average molecular weight is 428 g/mol. The molecule has 0 aliphatic rings. The SMILES string of the molecule is CC(Oc1ccc(Br)cc1)C(=O)Nc1ccc(C(=O)c2nccn2C)cc1. The molecule has 27 heavy (non-hydrogen) atoms. The first-order valence-electron chi connectivity index (χ1n) is 8.29. The molecule has 0 fully saturated rings. The normalized spacial score (nSPS) is 11.7. The Morgan fingerprint density at radius 3 is 2.37 bits per heavy atom. The molecule has 1 amide bonds. The molecular weight excluding hydrogens is 410 g/mol. The summed E-state index contributed by atoms with van der Waals surface area (Å²) in [5.74, 6) is 0.522. The van der Waals surface area contributed by atoms with Gasteiger partial charge < -0.3 is 14.6 Å². The van der Waals surface area contributed by atoms with Crippen LogP contribution in [0, 0.1) is 0 Å². The number of carbonyl (C=O) groups excluding carboxylic acids is 2. The van der Waals surface area contributed by atoms with E-state index >= 15 is 0 Å². The fraction of sp³-hybridized carbons (Fsp3) is 0.150. The van der Waals surface area contributed by atoms with Crippen LogP contribution in [0.5, 0.6) is 5.75 Å². The summed E-state index contributed by atoms with van der Waals surface area (Å²) in [4.78, 5) is 28.8. The lowest BCUT2D eigenvalue weighted by Gasteiger charge is -2.15. The highest BCUT2D eigenvalue weighted by Crippen LogP contribution is 2.18. The van der Waals surface area contributed by atoms with Gasteiger partial charge in [-0.25, -0.2) is 4.98 Å². The molecular formula is C20H18BrN3O3. The highest BCUT2D eigenvalue weighted by atomic mass is 79.9. The average Bonchev–Trinajstić information content (AvgIpc) is 3.09. The Labute approximate surface area is 165 Å². The van der Waals surface area contributed by atoms with Crippen LogP contribution in [0.2, 0.25) is 0 Å². The highest BCUT2D eigenvalue weighted by molar-refractivity contribution is 9.10. The number of ether oxygens (including phenoxy) is 1. The molecule has 0 aliphatic heterocycles. The van der Waals surface area contributed by atoms with E-state index in [1.165, 1.54) is 0 Å². The van der Waals surface area contributed by atoms with Gasteiger partial charge >= 0.3 is 0 Å². The van der Waals surface area contributed by atoms with Crippen molar-refractivity contribution < 1.29 is 14.3 Å². The number of amides is 1. The molecule has 0 saturated heterocycles. The Bertz CT molecular complexity index is 949. The van der Waals surface area contributed by atoms with Gasteiger partial charge in [-0.1, -0.05) is 15.9 Å². The predicted octanol–water partition coefficient (Wildman–Crippen LogP) is 3.82. The molecule has 1 atom stereocenters. The molecule has 7 heteroatoms. The van der Waals surface area contributed by atoms with E-state index in [4.69, 9.17) is 4.74 Å². The van der Waals surface area contributed by atoms with Crippen molar-refractivity contribution in [3.63, 3.8) is 0 Å². The van der Waals surface area contributed by atoms with E-state index < -0.39 is 6.10 Å². The summed E-state index contributed by atoms with van der Waals surface area (Å²) in [6.45, 7) is 1.68. The molecule has 3 aromatic rings. The Hall–Kier alpha value is -2.93. The third-order valence-electron chi connectivity index (χ3n) is 3.93. The van der Waals surface area contributed by atoms with Crippen LogP contribution in [0.25, 0.3) is 0 Å². The van der Waals surface area contributed by atoms with Crippen molar-refractivity contribution in [3.8, 4) is 5.75 Å². The molecule has 2 aromatic carbocycles. The zero-order valence-corrected chi connectivity index (χ0v) is 16.4. The number of imidazole rings is 1. The molecule has 0 spiro atoms. The van der Waals surface area contributed by atoms with Crippen LogP contribution < -0.4 is 10.1 Å². The van der Waals surface area contributed by atoms with E-state index in [1.807, 2.05) is 12.1 Å². The predicted molar refractivity (Wildman–Crippen MR) is 106 cm³/mol. The van der Waals surface area contributed by atoms with Gasteiger partial charge in [-0.15, -0.1) is 0 Å². The fourth-order valence-electron chi connectivity index (χ4n) is 2.43. The molecule has 1 unspecified atom stereocenters. The zero-order chi connectivity index (χ0) is 19.4. The van der Waals surface area contributed by atoms with Crippen molar-refractivity contribution in [3.05, 3.63) is 76.8 Å². The number of nitrogens with one attached hydrogen (secondary N) is 1. The van der Waals surface area contributed by atoms with Gasteiger partial charge in [-0.05, 0) is 55.5 Å². The Balaban J connectivity index is 1.62. The van der Waals surface area contributed by atoms with Crippen molar-refractivity contribution in [1.29, 1.82) is 0 Å². The summed E-state index contributed by atoms with van der Waals surface area (Å²) < 4.78 is 8.23. The lowest BCUT2D eigenvalue weighted by atomic mass is 10.1. The van der Waals surface area contributed by atoms with Crippen molar-refractivity contribution in [2.45, 2.75) is 13.0 Å². The monoisotopic (exact) mass is 427 g/mol. The first-order chi connectivity index (χ1) is 12.9. The zero-order valence-electron chi connectivity index (χ0n) is 14.8. The molecule has 0 radical (unpaired) electrons. The number of aromatic nitrogens is 2. The fourth-order valence-corrected chi connectivity index (χ4v) is 2.70. The van der Waals surface area contributed by atoms with E-state index in [2.05, 4.69) is 26.2 Å². The lowest BCUT2D eigenvalue weighted by Crippen LogP contribution is -2.30. The summed E-state index contributed by atoms with van der Waals surface area (Å²) >= 11 is 3.35. The molecule has 138 valence electrons. The van der Waals surface area contributed by atoms with Gasteiger partial charge in [0.2, 0.25) is 5.78 Å². The third-order valence-corrected chi connectivity index (χ3v) is 4.46. The maximum absolute atomic E-state index is 12.4.